The minimum absolute atomic E-state index is 0.430. The number of ether oxygens (including phenoxy) is 10. The Morgan fingerprint density at radius 1 is 0.500 bits per heavy atom. The highest BCUT2D eigenvalue weighted by Gasteiger charge is 2.69. The van der Waals surface area contributed by atoms with E-state index in [1.807, 2.05) is 13.8 Å². The quantitative estimate of drug-likeness (QED) is 0.530. The molecule has 3 aliphatic rings. The van der Waals surface area contributed by atoms with Gasteiger partial charge >= 0.3 is 0 Å². The van der Waals surface area contributed by atoms with Crippen LogP contribution in [0.3, 0.4) is 0 Å². The molecule has 0 bridgehead atoms. The zero-order valence-corrected chi connectivity index (χ0v) is 21.0. The van der Waals surface area contributed by atoms with Crippen LogP contribution in [0.25, 0.3) is 0 Å². The van der Waals surface area contributed by atoms with Crippen molar-refractivity contribution in [3.8, 4) is 0 Å². The third-order valence-corrected chi connectivity index (χ3v) is 7.31. The topological polar surface area (TPSA) is 92.3 Å². The highest BCUT2D eigenvalue weighted by molar-refractivity contribution is 5.10. The van der Waals surface area contributed by atoms with E-state index in [-0.39, 0.29) is 0 Å². The number of hydrogen-bond acceptors (Lipinski definition) is 10. The van der Waals surface area contributed by atoms with Crippen molar-refractivity contribution in [2.45, 2.75) is 101 Å². The molecule has 0 spiro atoms. The minimum atomic E-state index is -1.21. The lowest BCUT2D eigenvalue weighted by Gasteiger charge is -2.62. The van der Waals surface area contributed by atoms with Gasteiger partial charge in [-0.2, -0.15) is 0 Å². The smallest absolute Gasteiger partial charge is 0.220 e. The number of rotatable bonds is 8. The summed E-state index contributed by atoms with van der Waals surface area (Å²) in [6.45, 7) is 11.8. The SMILES string of the molecule is CCO[C@@H]1[C@H]2O[C@](C)(OC)[C@@](C)(OC)O[C@@H]2[C@H](OCC)[C@@H]2O[C@@](C)(OC)[C@](C)(OC)O[C@@H]12. The molecule has 0 unspecified atom stereocenters. The van der Waals surface area contributed by atoms with Crippen molar-refractivity contribution >= 4 is 0 Å². The fourth-order valence-corrected chi connectivity index (χ4v) is 4.82. The standard InChI is InChI=1S/C22H40O10/c1-11-27-13-15-17(31-21(5,25-9)19(3,23-7)29-15)14(28-12-2)18-16(13)30-20(4,24-8)22(6,26-10)32-18/h13-18H,11-12H2,1-10H3/t13-,14+,15-,16+,17-,18+,19+,20-,21+,22-. The number of hydrogen-bond donors (Lipinski definition) is 0. The van der Waals surface area contributed by atoms with Crippen LogP contribution in [0.15, 0.2) is 0 Å². The molecule has 0 aromatic heterocycles. The van der Waals surface area contributed by atoms with Crippen molar-refractivity contribution in [2.75, 3.05) is 41.7 Å². The Morgan fingerprint density at radius 3 is 0.875 bits per heavy atom. The number of methoxy groups -OCH3 is 4. The third-order valence-electron chi connectivity index (χ3n) is 7.31. The average Bonchev–Trinajstić information content (AvgIpc) is 2.78. The first-order chi connectivity index (χ1) is 15.0. The summed E-state index contributed by atoms with van der Waals surface area (Å²) in [5.74, 6) is -4.82. The van der Waals surface area contributed by atoms with E-state index in [9.17, 15) is 0 Å². The van der Waals surface area contributed by atoms with E-state index in [1.165, 1.54) is 0 Å². The van der Waals surface area contributed by atoms with Crippen LogP contribution in [0, 0.1) is 0 Å². The van der Waals surface area contributed by atoms with Crippen LogP contribution >= 0.6 is 0 Å². The number of fused-ring (bicyclic) bond motifs is 2. The Morgan fingerprint density at radius 2 is 0.719 bits per heavy atom. The van der Waals surface area contributed by atoms with Gasteiger partial charge in [-0.3, -0.25) is 0 Å². The summed E-state index contributed by atoms with van der Waals surface area (Å²) in [4.78, 5) is 0. The summed E-state index contributed by atoms with van der Waals surface area (Å²) in [7, 11) is 6.20. The molecule has 1 aliphatic carbocycles. The molecule has 0 radical (unpaired) electrons. The summed E-state index contributed by atoms with van der Waals surface area (Å²) in [5.41, 5.74) is 0. The lowest BCUT2D eigenvalue weighted by atomic mass is 9.80. The largest absolute Gasteiger partial charge is 0.373 e. The van der Waals surface area contributed by atoms with Crippen LogP contribution in [0.1, 0.15) is 41.5 Å². The molecule has 32 heavy (non-hydrogen) atoms. The van der Waals surface area contributed by atoms with E-state index in [2.05, 4.69) is 0 Å². The summed E-state index contributed by atoms with van der Waals surface area (Å²) in [6.07, 6.45) is -3.46. The molecular weight excluding hydrogens is 424 g/mol. The van der Waals surface area contributed by atoms with Crippen molar-refractivity contribution in [3.05, 3.63) is 0 Å². The Bertz CT molecular complexity index is 548. The van der Waals surface area contributed by atoms with Crippen LogP contribution < -0.4 is 0 Å². The van der Waals surface area contributed by atoms with Gasteiger partial charge in [0.1, 0.15) is 36.6 Å². The zero-order valence-electron chi connectivity index (χ0n) is 21.0. The molecule has 2 saturated heterocycles. The third kappa shape index (κ3) is 3.82. The summed E-state index contributed by atoms with van der Waals surface area (Å²) < 4.78 is 61.3. The minimum Gasteiger partial charge on any atom is -0.373 e. The van der Waals surface area contributed by atoms with E-state index in [0.29, 0.717) is 13.2 Å². The van der Waals surface area contributed by atoms with Crippen molar-refractivity contribution in [1.29, 1.82) is 0 Å². The van der Waals surface area contributed by atoms with Crippen molar-refractivity contribution in [3.63, 3.8) is 0 Å². The van der Waals surface area contributed by atoms with Gasteiger partial charge in [-0.15, -0.1) is 0 Å². The maximum Gasteiger partial charge on any atom is 0.220 e. The molecule has 1 saturated carbocycles. The van der Waals surface area contributed by atoms with E-state index >= 15 is 0 Å². The van der Waals surface area contributed by atoms with Gasteiger partial charge in [0.05, 0.1) is 0 Å². The van der Waals surface area contributed by atoms with Crippen LogP contribution in [0.4, 0.5) is 0 Å². The predicted molar refractivity (Wildman–Crippen MR) is 112 cm³/mol. The van der Waals surface area contributed by atoms with Gasteiger partial charge in [0.2, 0.25) is 23.1 Å². The van der Waals surface area contributed by atoms with E-state index in [1.54, 1.807) is 56.1 Å². The van der Waals surface area contributed by atoms with Crippen molar-refractivity contribution < 1.29 is 47.4 Å². The highest BCUT2D eigenvalue weighted by atomic mass is 16.8. The molecular formula is C22H40O10. The molecule has 3 fully saturated rings. The summed E-state index contributed by atoms with van der Waals surface area (Å²) in [6, 6.07) is 0. The van der Waals surface area contributed by atoms with Gasteiger partial charge in [0.15, 0.2) is 0 Å². The maximum atomic E-state index is 6.52. The molecule has 188 valence electrons. The van der Waals surface area contributed by atoms with Crippen LogP contribution in [-0.2, 0) is 47.4 Å². The van der Waals surface area contributed by atoms with Gasteiger partial charge < -0.3 is 47.4 Å². The molecule has 2 aliphatic heterocycles. The Labute approximate surface area is 191 Å². The van der Waals surface area contributed by atoms with Crippen molar-refractivity contribution in [2.24, 2.45) is 0 Å². The Kier molecular flexibility index (Phi) is 7.64. The molecule has 3 rings (SSSR count). The lowest BCUT2D eigenvalue weighted by Crippen LogP contribution is -2.79. The molecule has 10 nitrogen and oxygen atoms in total. The van der Waals surface area contributed by atoms with Gasteiger partial charge in [-0.1, -0.05) is 0 Å². The summed E-state index contributed by atoms with van der Waals surface area (Å²) in [5, 5.41) is 0. The molecule has 2 heterocycles. The second-order valence-corrected chi connectivity index (χ2v) is 8.77. The highest BCUT2D eigenvalue weighted by Crippen LogP contribution is 2.50. The molecule has 10 heteroatoms. The van der Waals surface area contributed by atoms with E-state index in [0.717, 1.165) is 0 Å². The lowest BCUT2D eigenvalue weighted by molar-refractivity contribution is -0.506. The maximum absolute atomic E-state index is 6.52. The second-order valence-electron chi connectivity index (χ2n) is 8.77. The summed E-state index contributed by atoms with van der Waals surface area (Å²) >= 11 is 0. The first-order valence-corrected chi connectivity index (χ1v) is 11.2. The van der Waals surface area contributed by atoms with Gasteiger partial charge in [-0.25, -0.2) is 0 Å². The molecule has 10 atom stereocenters. The monoisotopic (exact) mass is 464 g/mol. The van der Waals surface area contributed by atoms with Crippen LogP contribution in [-0.4, -0.2) is 101 Å². The van der Waals surface area contributed by atoms with E-state index in [4.69, 9.17) is 47.4 Å². The van der Waals surface area contributed by atoms with Gasteiger partial charge in [-0.05, 0) is 41.5 Å². The van der Waals surface area contributed by atoms with E-state index < -0.39 is 59.8 Å². The average molecular weight is 465 g/mol. The Balaban J connectivity index is 2.09. The van der Waals surface area contributed by atoms with Crippen LogP contribution in [0.5, 0.6) is 0 Å². The first-order valence-electron chi connectivity index (χ1n) is 11.2. The second kappa shape index (κ2) is 9.33. The first kappa shape index (κ1) is 26.2. The molecule has 0 N–H and O–H groups in total. The van der Waals surface area contributed by atoms with Crippen molar-refractivity contribution in [1.82, 2.24) is 0 Å². The molecule has 0 aromatic rings. The predicted octanol–water partition coefficient (Wildman–Crippen LogP) is 1.83. The zero-order chi connectivity index (χ0) is 23.9. The van der Waals surface area contributed by atoms with Gasteiger partial charge in [0.25, 0.3) is 0 Å². The van der Waals surface area contributed by atoms with Gasteiger partial charge in [0, 0.05) is 41.7 Å². The molecule has 0 aromatic carbocycles. The fraction of sp³-hybridized carbons (Fsp3) is 1.00. The molecule has 0 amide bonds. The normalized spacial score (nSPS) is 51.2. The van der Waals surface area contributed by atoms with Crippen LogP contribution in [0.2, 0.25) is 0 Å². The fourth-order valence-electron chi connectivity index (χ4n) is 4.82. The Hall–Kier alpha value is -0.400.